The van der Waals surface area contributed by atoms with Gasteiger partial charge >= 0.3 is 5.97 Å². The second kappa shape index (κ2) is 6.19. The number of benzene rings is 1. The molecule has 0 aromatic heterocycles. The van der Waals surface area contributed by atoms with E-state index >= 15 is 0 Å². The maximum absolute atomic E-state index is 12.5. The fourth-order valence-electron chi connectivity index (χ4n) is 2.34. The number of ether oxygens (including phenoxy) is 1. The molecule has 1 atom stereocenters. The summed E-state index contributed by atoms with van der Waals surface area (Å²) in [5.41, 5.74) is 0.588. The van der Waals surface area contributed by atoms with Gasteiger partial charge in [0.1, 0.15) is 6.04 Å². The van der Waals surface area contributed by atoms with Gasteiger partial charge in [0.05, 0.1) is 7.11 Å². The van der Waals surface area contributed by atoms with Crippen LogP contribution in [0.3, 0.4) is 0 Å². The van der Waals surface area contributed by atoms with Crippen LogP contribution in [0.25, 0.3) is 0 Å². The Morgan fingerprint density at radius 3 is 2.84 bits per heavy atom. The molecule has 19 heavy (non-hydrogen) atoms. The molecule has 4 nitrogen and oxygen atoms in total. The second-order valence-corrected chi connectivity index (χ2v) is 5.46. The Kier molecular flexibility index (Phi) is 4.58. The van der Waals surface area contributed by atoms with Gasteiger partial charge in [-0.05, 0) is 37.5 Å². The predicted molar refractivity (Wildman–Crippen MR) is 74.8 cm³/mol. The lowest BCUT2D eigenvalue weighted by molar-refractivity contribution is -0.147. The maximum Gasteiger partial charge on any atom is 0.328 e. The van der Waals surface area contributed by atoms with Gasteiger partial charge in [-0.1, -0.05) is 22.0 Å². The van der Waals surface area contributed by atoms with Gasteiger partial charge in [-0.15, -0.1) is 0 Å². The molecule has 0 spiro atoms. The highest BCUT2D eigenvalue weighted by Gasteiger charge is 2.33. The van der Waals surface area contributed by atoms with Gasteiger partial charge in [0.15, 0.2) is 0 Å². The standard InChI is InChI=1S/C14H16BrNO3/c1-19-14(18)12-7-2-3-8-16(12)13(17)10-5-4-6-11(15)9-10/h4-6,9,12H,2-3,7-8H2,1H3. The number of amides is 1. The quantitative estimate of drug-likeness (QED) is 0.785. The highest BCUT2D eigenvalue weighted by Crippen LogP contribution is 2.22. The molecule has 0 aliphatic carbocycles. The minimum absolute atomic E-state index is 0.114. The summed E-state index contributed by atoms with van der Waals surface area (Å²) >= 11 is 3.35. The summed E-state index contributed by atoms with van der Waals surface area (Å²) in [7, 11) is 1.36. The normalized spacial score (nSPS) is 19.1. The van der Waals surface area contributed by atoms with Crippen molar-refractivity contribution in [2.75, 3.05) is 13.7 Å². The van der Waals surface area contributed by atoms with Crippen molar-refractivity contribution in [3.8, 4) is 0 Å². The van der Waals surface area contributed by atoms with Crippen molar-refractivity contribution in [3.63, 3.8) is 0 Å². The lowest BCUT2D eigenvalue weighted by Crippen LogP contribution is -2.48. The number of hydrogen-bond donors (Lipinski definition) is 0. The van der Waals surface area contributed by atoms with Crippen molar-refractivity contribution in [2.45, 2.75) is 25.3 Å². The van der Waals surface area contributed by atoms with Crippen molar-refractivity contribution in [1.82, 2.24) is 4.90 Å². The van der Waals surface area contributed by atoms with E-state index in [4.69, 9.17) is 4.74 Å². The van der Waals surface area contributed by atoms with Crippen LogP contribution >= 0.6 is 15.9 Å². The van der Waals surface area contributed by atoms with E-state index in [-0.39, 0.29) is 11.9 Å². The molecule has 1 aromatic carbocycles. The van der Waals surface area contributed by atoms with Crippen LogP contribution in [0.1, 0.15) is 29.6 Å². The highest BCUT2D eigenvalue weighted by atomic mass is 79.9. The first-order chi connectivity index (χ1) is 9.13. The van der Waals surface area contributed by atoms with E-state index in [2.05, 4.69) is 15.9 Å². The first kappa shape index (κ1) is 14.1. The summed E-state index contributed by atoms with van der Waals surface area (Å²) < 4.78 is 5.64. The third kappa shape index (κ3) is 3.15. The molecule has 1 aliphatic heterocycles. The summed E-state index contributed by atoms with van der Waals surface area (Å²) in [6.45, 7) is 0.602. The zero-order valence-electron chi connectivity index (χ0n) is 10.8. The molecule has 1 saturated heterocycles. The van der Waals surface area contributed by atoms with E-state index in [9.17, 15) is 9.59 Å². The SMILES string of the molecule is COC(=O)C1CCCCN1C(=O)c1cccc(Br)c1. The Hall–Kier alpha value is -1.36. The Bertz CT molecular complexity index is 489. The number of piperidine rings is 1. The van der Waals surface area contributed by atoms with Gasteiger partial charge < -0.3 is 9.64 Å². The van der Waals surface area contributed by atoms with Crippen molar-refractivity contribution in [2.24, 2.45) is 0 Å². The van der Waals surface area contributed by atoms with Crippen LogP contribution in [0.4, 0.5) is 0 Å². The number of methoxy groups -OCH3 is 1. The topological polar surface area (TPSA) is 46.6 Å². The van der Waals surface area contributed by atoms with E-state index in [0.29, 0.717) is 18.5 Å². The smallest absolute Gasteiger partial charge is 0.328 e. The Morgan fingerprint density at radius 2 is 2.16 bits per heavy atom. The third-order valence-electron chi connectivity index (χ3n) is 3.31. The van der Waals surface area contributed by atoms with Crippen LogP contribution in [0.2, 0.25) is 0 Å². The largest absolute Gasteiger partial charge is 0.467 e. The Balaban J connectivity index is 2.22. The van der Waals surface area contributed by atoms with Crippen molar-refractivity contribution in [3.05, 3.63) is 34.3 Å². The van der Waals surface area contributed by atoms with Gasteiger partial charge in [0.2, 0.25) is 0 Å². The van der Waals surface area contributed by atoms with E-state index < -0.39 is 6.04 Å². The number of esters is 1. The second-order valence-electron chi connectivity index (χ2n) is 4.54. The minimum atomic E-state index is -0.453. The molecule has 2 rings (SSSR count). The Labute approximate surface area is 120 Å². The molecular weight excluding hydrogens is 310 g/mol. The van der Waals surface area contributed by atoms with Gasteiger partial charge in [-0.3, -0.25) is 4.79 Å². The van der Waals surface area contributed by atoms with Crippen LogP contribution < -0.4 is 0 Å². The fourth-order valence-corrected chi connectivity index (χ4v) is 2.74. The molecule has 0 bridgehead atoms. The zero-order valence-corrected chi connectivity index (χ0v) is 12.4. The van der Waals surface area contributed by atoms with E-state index in [1.165, 1.54) is 7.11 Å². The Morgan fingerprint density at radius 1 is 1.37 bits per heavy atom. The van der Waals surface area contributed by atoms with Crippen molar-refractivity contribution >= 4 is 27.8 Å². The molecule has 102 valence electrons. The summed E-state index contributed by atoms with van der Waals surface area (Å²) in [5, 5.41) is 0. The highest BCUT2D eigenvalue weighted by molar-refractivity contribution is 9.10. The molecule has 0 radical (unpaired) electrons. The van der Waals surface area contributed by atoms with Gasteiger partial charge in [0, 0.05) is 16.6 Å². The lowest BCUT2D eigenvalue weighted by atomic mass is 10.0. The van der Waals surface area contributed by atoms with Crippen molar-refractivity contribution < 1.29 is 14.3 Å². The molecule has 1 fully saturated rings. The van der Waals surface area contributed by atoms with E-state index in [1.54, 1.807) is 17.0 Å². The summed E-state index contributed by atoms with van der Waals surface area (Å²) in [4.78, 5) is 25.9. The zero-order chi connectivity index (χ0) is 13.8. The number of likely N-dealkylation sites (tertiary alicyclic amines) is 1. The maximum atomic E-state index is 12.5. The van der Waals surface area contributed by atoms with Crippen molar-refractivity contribution in [1.29, 1.82) is 0 Å². The number of carbonyl (C=O) groups is 2. The first-order valence-corrected chi connectivity index (χ1v) is 7.07. The number of nitrogens with zero attached hydrogens (tertiary/aromatic N) is 1. The average molecular weight is 326 g/mol. The summed E-state index contributed by atoms with van der Waals surface area (Å²) in [6, 6.07) is 6.76. The fraction of sp³-hybridized carbons (Fsp3) is 0.429. The third-order valence-corrected chi connectivity index (χ3v) is 3.80. The molecule has 1 amide bonds. The predicted octanol–water partition coefficient (Wildman–Crippen LogP) is 2.62. The summed E-state index contributed by atoms with van der Waals surface area (Å²) in [5.74, 6) is -0.445. The van der Waals surface area contributed by atoms with Crippen LogP contribution in [0.15, 0.2) is 28.7 Å². The molecule has 1 unspecified atom stereocenters. The first-order valence-electron chi connectivity index (χ1n) is 6.28. The lowest BCUT2D eigenvalue weighted by Gasteiger charge is -2.33. The van der Waals surface area contributed by atoms with Crippen LogP contribution in [-0.2, 0) is 9.53 Å². The number of halogens is 1. The van der Waals surface area contributed by atoms with E-state index in [0.717, 1.165) is 17.3 Å². The molecule has 1 aliphatic rings. The molecule has 1 aromatic rings. The van der Waals surface area contributed by atoms with Crippen LogP contribution in [0, 0.1) is 0 Å². The number of rotatable bonds is 2. The van der Waals surface area contributed by atoms with Gasteiger partial charge in [0.25, 0.3) is 5.91 Å². The minimum Gasteiger partial charge on any atom is -0.467 e. The number of hydrogen-bond acceptors (Lipinski definition) is 3. The van der Waals surface area contributed by atoms with Gasteiger partial charge in [-0.25, -0.2) is 4.79 Å². The molecule has 0 N–H and O–H groups in total. The average Bonchev–Trinajstić information content (AvgIpc) is 2.45. The number of carbonyl (C=O) groups excluding carboxylic acids is 2. The van der Waals surface area contributed by atoms with Gasteiger partial charge in [-0.2, -0.15) is 0 Å². The monoisotopic (exact) mass is 325 g/mol. The van der Waals surface area contributed by atoms with E-state index in [1.807, 2.05) is 12.1 Å². The molecule has 0 saturated carbocycles. The van der Waals surface area contributed by atoms with Crippen LogP contribution in [0.5, 0.6) is 0 Å². The van der Waals surface area contributed by atoms with Crippen LogP contribution in [-0.4, -0.2) is 36.5 Å². The molecule has 5 heteroatoms. The molecular formula is C14H16BrNO3. The summed E-state index contributed by atoms with van der Waals surface area (Å²) in [6.07, 6.45) is 2.54. The molecule has 1 heterocycles.